The van der Waals surface area contributed by atoms with Gasteiger partial charge in [0.2, 0.25) is 0 Å². The maximum Gasteiger partial charge on any atom is 0.0637 e. The Kier molecular flexibility index (Phi) is 5.44. The largest absolute Gasteiger partial charge is 0.383 e. The maximum atomic E-state index is 6.30. The number of methoxy groups -OCH3 is 1. The third kappa shape index (κ3) is 3.53. The average Bonchev–Trinajstić information content (AvgIpc) is 3.31. The second-order valence-electron chi connectivity index (χ2n) is 5.84. The smallest absolute Gasteiger partial charge is 0.0637 e. The van der Waals surface area contributed by atoms with Crippen LogP contribution >= 0.6 is 0 Å². The highest BCUT2D eigenvalue weighted by molar-refractivity contribution is 5.56. The summed E-state index contributed by atoms with van der Waals surface area (Å²) in [5, 5.41) is 0. The minimum absolute atomic E-state index is 0.114. The molecule has 2 unspecified atom stereocenters. The van der Waals surface area contributed by atoms with E-state index in [2.05, 4.69) is 43.0 Å². The van der Waals surface area contributed by atoms with Crippen LogP contribution in [0.25, 0.3) is 0 Å². The minimum Gasteiger partial charge on any atom is -0.383 e. The molecule has 1 aromatic rings. The van der Waals surface area contributed by atoms with Crippen LogP contribution in [0.2, 0.25) is 0 Å². The molecule has 2 N–H and O–H groups in total. The summed E-state index contributed by atoms with van der Waals surface area (Å²) in [6.45, 7) is 6.17. The van der Waals surface area contributed by atoms with Crippen molar-refractivity contribution in [2.75, 3.05) is 25.2 Å². The van der Waals surface area contributed by atoms with Gasteiger partial charge >= 0.3 is 0 Å². The van der Waals surface area contributed by atoms with Gasteiger partial charge in [-0.05, 0) is 43.7 Å². The van der Waals surface area contributed by atoms with Crippen molar-refractivity contribution in [3.8, 4) is 0 Å². The van der Waals surface area contributed by atoms with E-state index in [1.54, 1.807) is 7.11 Å². The van der Waals surface area contributed by atoms with E-state index in [-0.39, 0.29) is 6.04 Å². The quantitative estimate of drug-likeness (QED) is 0.791. The highest BCUT2D eigenvalue weighted by Crippen LogP contribution is 2.38. The molecule has 0 amide bonds. The van der Waals surface area contributed by atoms with Crippen molar-refractivity contribution >= 4 is 5.69 Å². The van der Waals surface area contributed by atoms with Gasteiger partial charge in [-0.3, -0.25) is 0 Å². The lowest BCUT2D eigenvalue weighted by Gasteiger charge is -2.34. The van der Waals surface area contributed by atoms with Crippen LogP contribution in [0.15, 0.2) is 24.3 Å². The Balaban J connectivity index is 2.26. The molecule has 0 aliphatic heterocycles. The van der Waals surface area contributed by atoms with Gasteiger partial charge < -0.3 is 15.4 Å². The van der Waals surface area contributed by atoms with Crippen molar-refractivity contribution in [1.82, 2.24) is 0 Å². The molecule has 0 heterocycles. The van der Waals surface area contributed by atoms with E-state index in [0.29, 0.717) is 6.04 Å². The molecule has 1 saturated carbocycles. The number of rotatable bonds is 8. The van der Waals surface area contributed by atoms with Crippen LogP contribution in [0.5, 0.6) is 0 Å². The molecule has 20 heavy (non-hydrogen) atoms. The Morgan fingerprint density at radius 3 is 2.65 bits per heavy atom. The second kappa shape index (κ2) is 7.09. The highest BCUT2D eigenvalue weighted by Gasteiger charge is 2.33. The molecule has 1 aromatic carbocycles. The Morgan fingerprint density at radius 1 is 1.35 bits per heavy atom. The van der Waals surface area contributed by atoms with E-state index < -0.39 is 0 Å². The van der Waals surface area contributed by atoms with Crippen LogP contribution in [0.3, 0.4) is 0 Å². The summed E-state index contributed by atoms with van der Waals surface area (Å²) in [5.41, 5.74) is 8.85. The van der Waals surface area contributed by atoms with Gasteiger partial charge in [0.05, 0.1) is 6.61 Å². The zero-order valence-corrected chi connectivity index (χ0v) is 13.0. The molecule has 3 heteroatoms. The predicted molar refractivity (Wildman–Crippen MR) is 85.1 cm³/mol. The van der Waals surface area contributed by atoms with Crippen LogP contribution in [0, 0.1) is 5.92 Å². The standard InChI is InChI=1S/C17H28N2O/c1-4-16(18)15-7-5-6-8-17(15)19(11-12-20-3)13(2)14-9-10-14/h5-8,13-14,16H,4,9-12,18H2,1-3H3. The molecule has 1 aliphatic carbocycles. The highest BCUT2D eigenvalue weighted by atomic mass is 16.5. The molecule has 0 radical (unpaired) electrons. The van der Waals surface area contributed by atoms with Crippen LogP contribution in [0.4, 0.5) is 5.69 Å². The molecule has 0 saturated heterocycles. The number of anilines is 1. The number of para-hydroxylation sites is 1. The molecule has 0 bridgehead atoms. The summed E-state index contributed by atoms with van der Waals surface area (Å²) in [7, 11) is 1.77. The van der Waals surface area contributed by atoms with Gasteiger partial charge in [0.25, 0.3) is 0 Å². The van der Waals surface area contributed by atoms with Gasteiger partial charge in [0.1, 0.15) is 0 Å². The molecule has 112 valence electrons. The van der Waals surface area contributed by atoms with Crippen molar-refractivity contribution in [2.45, 2.75) is 45.2 Å². The van der Waals surface area contributed by atoms with E-state index in [1.807, 2.05) is 0 Å². The normalized spacial score (nSPS) is 17.8. The first kappa shape index (κ1) is 15.3. The number of benzene rings is 1. The Morgan fingerprint density at radius 2 is 2.05 bits per heavy atom. The fourth-order valence-corrected chi connectivity index (χ4v) is 2.85. The lowest BCUT2D eigenvalue weighted by atomic mass is 10.0. The molecule has 3 nitrogen and oxygen atoms in total. The lowest BCUT2D eigenvalue weighted by molar-refractivity contribution is 0.202. The van der Waals surface area contributed by atoms with Gasteiger partial charge in [0.15, 0.2) is 0 Å². The number of hydrogen-bond donors (Lipinski definition) is 1. The topological polar surface area (TPSA) is 38.5 Å². The van der Waals surface area contributed by atoms with Gasteiger partial charge in [0, 0.05) is 31.4 Å². The van der Waals surface area contributed by atoms with Crippen molar-refractivity contribution in [3.63, 3.8) is 0 Å². The Hall–Kier alpha value is -1.06. The average molecular weight is 276 g/mol. The van der Waals surface area contributed by atoms with Crippen LogP contribution < -0.4 is 10.6 Å². The molecule has 2 rings (SSSR count). The summed E-state index contributed by atoms with van der Waals surface area (Å²) in [6.07, 6.45) is 3.67. The van der Waals surface area contributed by atoms with Gasteiger partial charge in [-0.2, -0.15) is 0 Å². The maximum absolute atomic E-state index is 6.30. The summed E-state index contributed by atoms with van der Waals surface area (Å²) in [4.78, 5) is 2.49. The van der Waals surface area contributed by atoms with Crippen molar-refractivity contribution in [2.24, 2.45) is 11.7 Å². The van der Waals surface area contributed by atoms with E-state index in [9.17, 15) is 0 Å². The third-order valence-corrected chi connectivity index (χ3v) is 4.42. The first-order chi connectivity index (χ1) is 9.69. The Bertz CT molecular complexity index is 417. The van der Waals surface area contributed by atoms with Crippen LogP contribution in [-0.4, -0.2) is 26.3 Å². The van der Waals surface area contributed by atoms with Gasteiger partial charge in [-0.1, -0.05) is 25.1 Å². The third-order valence-electron chi connectivity index (χ3n) is 4.42. The molecule has 0 spiro atoms. The van der Waals surface area contributed by atoms with E-state index in [4.69, 9.17) is 10.5 Å². The van der Waals surface area contributed by atoms with Crippen molar-refractivity contribution in [3.05, 3.63) is 29.8 Å². The summed E-state index contributed by atoms with van der Waals surface area (Å²) in [6, 6.07) is 9.26. The molecule has 0 aromatic heterocycles. The monoisotopic (exact) mass is 276 g/mol. The van der Waals surface area contributed by atoms with Gasteiger partial charge in [-0.25, -0.2) is 0 Å². The van der Waals surface area contributed by atoms with Crippen LogP contribution in [-0.2, 0) is 4.74 Å². The molecule has 1 fully saturated rings. The second-order valence-corrected chi connectivity index (χ2v) is 5.84. The fourth-order valence-electron chi connectivity index (χ4n) is 2.85. The molecule has 1 aliphatic rings. The first-order valence-corrected chi connectivity index (χ1v) is 7.79. The number of hydrogen-bond acceptors (Lipinski definition) is 3. The number of nitrogens with zero attached hydrogens (tertiary/aromatic N) is 1. The summed E-state index contributed by atoms with van der Waals surface area (Å²) in [5.74, 6) is 0.831. The predicted octanol–water partition coefficient (Wildman–Crippen LogP) is 3.35. The first-order valence-electron chi connectivity index (χ1n) is 7.79. The zero-order chi connectivity index (χ0) is 14.5. The number of nitrogens with two attached hydrogens (primary N) is 1. The van der Waals surface area contributed by atoms with E-state index in [1.165, 1.54) is 24.1 Å². The molecular formula is C17H28N2O. The van der Waals surface area contributed by atoms with Crippen molar-refractivity contribution < 1.29 is 4.74 Å². The van der Waals surface area contributed by atoms with Crippen molar-refractivity contribution in [1.29, 1.82) is 0 Å². The Labute approximate surface area is 123 Å². The fraction of sp³-hybridized carbons (Fsp3) is 0.647. The van der Waals surface area contributed by atoms with Crippen LogP contribution in [0.1, 0.15) is 44.7 Å². The SMILES string of the molecule is CCC(N)c1ccccc1N(CCOC)C(C)C1CC1. The summed E-state index contributed by atoms with van der Waals surface area (Å²) >= 11 is 0. The minimum atomic E-state index is 0.114. The van der Waals surface area contributed by atoms with E-state index >= 15 is 0 Å². The lowest BCUT2D eigenvalue weighted by Crippen LogP contribution is -2.38. The molecular weight excluding hydrogens is 248 g/mol. The zero-order valence-electron chi connectivity index (χ0n) is 13.0. The molecule has 2 atom stereocenters. The number of ether oxygens (including phenoxy) is 1. The van der Waals surface area contributed by atoms with E-state index in [0.717, 1.165) is 25.5 Å². The summed E-state index contributed by atoms with van der Waals surface area (Å²) < 4.78 is 5.30. The van der Waals surface area contributed by atoms with Gasteiger partial charge in [-0.15, -0.1) is 0 Å².